The molecular weight excluding hydrogens is 360 g/mol. The van der Waals surface area contributed by atoms with E-state index in [0.717, 1.165) is 0 Å². The van der Waals surface area contributed by atoms with Crippen LogP contribution in [0.2, 0.25) is 0 Å². The predicted octanol–water partition coefficient (Wildman–Crippen LogP) is 6.13. The van der Waals surface area contributed by atoms with Gasteiger partial charge in [0.2, 0.25) is 0 Å². The van der Waals surface area contributed by atoms with Crippen LogP contribution in [0.5, 0.6) is 5.75 Å². The van der Waals surface area contributed by atoms with Crippen LogP contribution >= 0.6 is 0 Å². The number of rotatable bonds is 5. The maximum Gasteiger partial charge on any atom is 0.499 e. The third-order valence-corrected chi connectivity index (χ3v) is 4.42. The summed E-state index contributed by atoms with van der Waals surface area (Å²) in [5.74, 6) is -5.09. The van der Waals surface area contributed by atoms with E-state index in [1.54, 1.807) is 0 Å². The molecule has 9 heteroatoms. The summed E-state index contributed by atoms with van der Waals surface area (Å²) < 4.78 is 105. The molecule has 1 fully saturated rings. The number of hydrogen-bond donors (Lipinski definition) is 0. The van der Waals surface area contributed by atoms with Gasteiger partial charge in [-0.2, -0.15) is 22.0 Å². The van der Waals surface area contributed by atoms with E-state index in [1.165, 1.54) is 0 Å². The molecule has 0 radical (unpaired) electrons. The van der Waals surface area contributed by atoms with Crippen LogP contribution in [-0.4, -0.2) is 19.0 Å². The molecule has 25 heavy (non-hydrogen) atoms. The highest BCUT2D eigenvalue weighted by Gasteiger charge is 2.61. The van der Waals surface area contributed by atoms with Crippen molar-refractivity contribution in [2.45, 2.75) is 50.3 Å². The molecule has 0 aliphatic heterocycles. The summed E-state index contributed by atoms with van der Waals surface area (Å²) in [5, 5.41) is 0. The molecule has 0 N–H and O–H groups in total. The van der Waals surface area contributed by atoms with Crippen molar-refractivity contribution in [3.05, 3.63) is 29.3 Å². The highest BCUT2D eigenvalue weighted by molar-refractivity contribution is 5.33. The zero-order valence-electron chi connectivity index (χ0n) is 13.0. The van der Waals surface area contributed by atoms with Gasteiger partial charge < -0.3 is 4.74 Å². The second kappa shape index (κ2) is 7.37. The van der Waals surface area contributed by atoms with Gasteiger partial charge in [0, 0.05) is 0 Å². The van der Waals surface area contributed by atoms with Crippen molar-refractivity contribution < 1.29 is 39.9 Å². The van der Waals surface area contributed by atoms with Gasteiger partial charge in [0.05, 0.1) is 6.67 Å². The van der Waals surface area contributed by atoms with Gasteiger partial charge in [-0.05, 0) is 61.6 Å². The summed E-state index contributed by atoms with van der Waals surface area (Å²) in [4.78, 5) is 0. The summed E-state index contributed by atoms with van der Waals surface area (Å²) in [6.45, 7) is -0.446. The smallest absolute Gasteiger partial charge is 0.419 e. The molecule has 0 spiro atoms. The van der Waals surface area contributed by atoms with Crippen molar-refractivity contribution in [3.63, 3.8) is 0 Å². The lowest BCUT2D eigenvalue weighted by Gasteiger charge is -2.28. The molecule has 1 aromatic carbocycles. The maximum atomic E-state index is 13.9. The third-order valence-electron chi connectivity index (χ3n) is 4.42. The first-order chi connectivity index (χ1) is 11.5. The van der Waals surface area contributed by atoms with E-state index in [-0.39, 0.29) is 17.4 Å². The summed E-state index contributed by atoms with van der Waals surface area (Å²) in [6.07, 6.45) is -9.02. The normalized spacial score (nSPS) is 22.1. The number of ether oxygens (including phenoxy) is 1. The number of hydrogen-bond acceptors (Lipinski definition) is 1. The van der Waals surface area contributed by atoms with Crippen LogP contribution in [0.15, 0.2) is 12.1 Å². The van der Waals surface area contributed by atoms with Gasteiger partial charge in [-0.15, -0.1) is 0 Å². The number of halogens is 8. The molecule has 0 amide bonds. The average Bonchev–Trinajstić information content (AvgIpc) is 2.50. The average molecular weight is 376 g/mol. The van der Waals surface area contributed by atoms with E-state index in [4.69, 9.17) is 0 Å². The van der Waals surface area contributed by atoms with Gasteiger partial charge in [-0.3, -0.25) is 4.39 Å². The quantitative estimate of drug-likeness (QED) is 0.562. The van der Waals surface area contributed by atoms with Crippen LogP contribution in [0.25, 0.3) is 0 Å². The van der Waals surface area contributed by atoms with Crippen molar-refractivity contribution in [3.8, 4) is 5.75 Å². The number of alkyl halides is 6. The first-order valence-electron chi connectivity index (χ1n) is 7.73. The zero-order chi connectivity index (χ0) is 18.8. The third kappa shape index (κ3) is 4.55. The Labute approximate surface area is 139 Å². The Balaban J connectivity index is 2.15. The highest BCUT2D eigenvalue weighted by Crippen LogP contribution is 2.41. The molecule has 1 saturated carbocycles. The lowest BCUT2D eigenvalue weighted by molar-refractivity contribution is -0.361. The van der Waals surface area contributed by atoms with Crippen LogP contribution in [0.3, 0.4) is 0 Å². The second-order valence-electron chi connectivity index (χ2n) is 6.13. The Hall–Kier alpha value is -1.54. The van der Waals surface area contributed by atoms with E-state index >= 15 is 0 Å². The molecule has 0 saturated heterocycles. The van der Waals surface area contributed by atoms with E-state index in [2.05, 4.69) is 4.74 Å². The van der Waals surface area contributed by atoms with Crippen LogP contribution in [0, 0.1) is 17.6 Å². The topological polar surface area (TPSA) is 9.23 Å². The molecule has 0 atom stereocenters. The molecule has 0 aromatic heterocycles. The molecule has 2 rings (SSSR count). The van der Waals surface area contributed by atoms with Crippen molar-refractivity contribution in [2.24, 2.45) is 5.92 Å². The molecular formula is C16H16F8O. The Morgan fingerprint density at radius 3 is 1.88 bits per heavy atom. The van der Waals surface area contributed by atoms with Crippen LogP contribution in [0.1, 0.15) is 43.6 Å². The fraction of sp³-hybridized carbons (Fsp3) is 0.625. The van der Waals surface area contributed by atoms with Crippen molar-refractivity contribution in [2.75, 3.05) is 6.67 Å². The first kappa shape index (κ1) is 19.8. The van der Waals surface area contributed by atoms with Crippen molar-refractivity contribution in [1.29, 1.82) is 0 Å². The maximum absolute atomic E-state index is 13.9. The molecule has 1 aliphatic carbocycles. The number of benzene rings is 1. The molecule has 1 nitrogen and oxygen atoms in total. The molecule has 142 valence electrons. The molecule has 1 aromatic rings. The SMILES string of the molecule is FCCC1CCC(c2cc(F)c(OC(F)(F)C(F)(F)F)c(F)c2)CC1. The van der Waals surface area contributed by atoms with Crippen molar-refractivity contribution in [1.82, 2.24) is 0 Å². The fourth-order valence-electron chi connectivity index (χ4n) is 3.04. The summed E-state index contributed by atoms with van der Waals surface area (Å²) in [6, 6.07) is 1.43. The van der Waals surface area contributed by atoms with Crippen LogP contribution in [0.4, 0.5) is 35.1 Å². The monoisotopic (exact) mass is 376 g/mol. The molecule has 1 aliphatic rings. The van der Waals surface area contributed by atoms with Gasteiger partial charge in [0.1, 0.15) is 0 Å². The van der Waals surface area contributed by atoms with Gasteiger partial charge in [0.15, 0.2) is 17.4 Å². The van der Waals surface area contributed by atoms with Gasteiger partial charge >= 0.3 is 12.3 Å². The van der Waals surface area contributed by atoms with Crippen LogP contribution in [-0.2, 0) is 0 Å². The Morgan fingerprint density at radius 2 is 1.44 bits per heavy atom. The summed E-state index contributed by atoms with van der Waals surface area (Å²) >= 11 is 0. The van der Waals surface area contributed by atoms with E-state index in [0.29, 0.717) is 44.2 Å². The first-order valence-corrected chi connectivity index (χ1v) is 7.73. The van der Waals surface area contributed by atoms with Crippen molar-refractivity contribution >= 4 is 0 Å². The molecule has 0 bridgehead atoms. The summed E-state index contributed by atoms with van der Waals surface area (Å²) in [7, 11) is 0. The Bertz CT molecular complexity index is 567. The lowest BCUT2D eigenvalue weighted by Crippen LogP contribution is -2.42. The largest absolute Gasteiger partial charge is 0.499 e. The minimum absolute atomic E-state index is 0.163. The van der Waals surface area contributed by atoms with E-state index < -0.39 is 36.3 Å². The minimum Gasteiger partial charge on any atom is -0.419 e. The Morgan fingerprint density at radius 1 is 0.920 bits per heavy atom. The fourth-order valence-corrected chi connectivity index (χ4v) is 3.04. The van der Waals surface area contributed by atoms with E-state index in [1.807, 2.05) is 0 Å². The Kier molecular flexibility index (Phi) is 5.83. The molecule has 0 unspecified atom stereocenters. The van der Waals surface area contributed by atoms with Gasteiger partial charge in [-0.25, -0.2) is 8.78 Å². The molecule has 0 heterocycles. The standard InChI is InChI=1S/C16H16F8O/c17-6-5-9-1-3-10(4-2-9)11-7-12(18)14(13(19)8-11)25-16(23,24)15(20,21)22/h7-10H,1-6H2. The summed E-state index contributed by atoms with van der Waals surface area (Å²) in [5.41, 5.74) is 0.163. The van der Waals surface area contributed by atoms with E-state index in [9.17, 15) is 35.1 Å². The highest BCUT2D eigenvalue weighted by atomic mass is 19.4. The zero-order valence-corrected chi connectivity index (χ0v) is 13.0. The lowest BCUT2D eigenvalue weighted by atomic mass is 9.77. The minimum atomic E-state index is -6.10. The predicted molar refractivity (Wildman–Crippen MR) is 73.3 cm³/mol. The van der Waals surface area contributed by atoms with Gasteiger partial charge in [0.25, 0.3) is 0 Å². The van der Waals surface area contributed by atoms with Crippen LogP contribution < -0.4 is 4.74 Å². The second-order valence-corrected chi connectivity index (χ2v) is 6.13. The van der Waals surface area contributed by atoms with Gasteiger partial charge in [-0.1, -0.05) is 0 Å².